The number of aliphatic carboxylic acids is 1. The summed E-state index contributed by atoms with van der Waals surface area (Å²) in [7, 11) is 0. The third kappa shape index (κ3) is 8.31. The van der Waals surface area contributed by atoms with Crippen molar-refractivity contribution in [2.24, 2.45) is 11.5 Å². The van der Waals surface area contributed by atoms with Crippen molar-refractivity contribution < 1.29 is 19.5 Å². The number of nitrogens with zero attached hydrogens (tertiary/aromatic N) is 2. The lowest BCUT2D eigenvalue weighted by Crippen LogP contribution is -2.48. The number of hydrogen-bond acceptors (Lipinski definition) is 6. The highest BCUT2D eigenvalue weighted by atomic mass is 35.5. The van der Waals surface area contributed by atoms with Crippen LogP contribution >= 0.6 is 23.2 Å². The number of hydrazine groups is 1. The molecule has 0 aromatic heterocycles. The second-order valence-corrected chi connectivity index (χ2v) is 8.24. The maximum Gasteiger partial charge on any atom is 0.320 e. The number of carbonyl (C=O) groups is 3. The molecule has 2 amide bonds. The Morgan fingerprint density at radius 1 is 1.06 bits per heavy atom. The molecule has 0 fully saturated rings. The van der Waals surface area contributed by atoms with E-state index in [2.05, 4.69) is 5.43 Å². The van der Waals surface area contributed by atoms with Gasteiger partial charge in [-0.2, -0.15) is 0 Å². The van der Waals surface area contributed by atoms with Crippen molar-refractivity contribution in [1.29, 1.82) is 5.41 Å². The Hall–Kier alpha value is -3.18. The Balaban J connectivity index is 2.11. The highest BCUT2D eigenvalue weighted by molar-refractivity contribution is 6.34. The van der Waals surface area contributed by atoms with Gasteiger partial charge in [-0.25, -0.2) is 10.4 Å². The number of guanidine groups is 1. The number of rotatable bonds is 11. The molecule has 0 heterocycles. The zero-order chi connectivity index (χ0) is 25.3. The van der Waals surface area contributed by atoms with E-state index in [0.717, 1.165) is 10.5 Å². The lowest BCUT2D eigenvalue weighted by atomic mass is 10.1. The van der Waals surface area contributed by atoms with E-state index in [1.807, 2.05) is 0 Å². The van der Waals surface area contributed by atoms with Crippen LogP contribution in [0.5, 0.6) is 0 Å². The highest BCUT2D eigenvalue weighted by Gasteiger charge is 2.24. The van der Waals surface area contributed by atoms with Gasteiger partial charge in [0.1, 0.15) is 12.5 Å². The summed E-state index contributed by atoms with van der Waals surface area (Å²) in [6.07, 6.45) is -0.299. The third-order valence-corrected chi connectivity index (χ3v) is 5.17. The first-order valence-electron chi connectivity index (χ1n) is 10.3. The Morgan fingerprint density at radius 3 is 2.24 bits per heavy atom. The van der Waals surface area contributed by atoms with Crippen LogP contribution in [0.4, 0.5) is 5.69 Å². The van der Waals surface area contributed by atoms with E-state index in [1.54, 1.807) is 48.5 Å². The van der Waals surface area contributed by atoms with Crippen molar-refractivity contribution in [1.82, 2.24) is 10.3 Å². The molecule has 1 atom stereocenters. The van der Waals surface area contributed by atoms with Gasteiger partial charge in [0.05, 0.1) is 5.69 Å². The molecule has 2 aromatic rings. The van der Waals surface area contributed by atoms with Gasteiger partial charge in [-0.3, -0.25) is 24.7 Å². The van der Waals surface area contributed by atoms with E-state index in [0.29, 0.717) is 15.7 Å². The summed E-state index contributed by atoms with van der Waals surface area (Å²) in [4.78, 5) is 37.6. The fourth-order valence-corrected chi connectivity index (χ4v) is 3.63. The summed E-state index contributed by atoms with van der Waals surface area (Å²) < 4.78 is 0. The van der Waals surface area contributed by atoms with Gasteiger partial charge in [0, 0.05) is 23.1 Å². The quantitative estimate of drug-likeness (QED) is 0.134. The minimum Gasteiger partial charge on any atom is -0.480 e. The Morgan fingerprint density at radius 2 is 1.68 bits per heavy atom. The molecule has 0 saturated heterocycles. The largest absolute Gasteiger partial charge is 0.480 e. The van der Waals surface area contributed by atoms with Crippen LogP contribution in [-0.4, -0.2) is 46.3 Å². The third-order valence-electron chi connectivity index (χ3n) is 4.74. The molecule has 0 aliphatic carbocycles. The molecule has 0 spiro atoms. The molecular weight excluding hydrogens is 483 g/mol. The fraction of sp³-hybridized carbons (Fsp3) is 0.273. The van der Waals surface area contributed by atoms with Gasteiger partial charge < -0.3 is 16.6 Å². The minimum absolute atomic E-state index is 0.0395. The molecule has 2 aromatic carbocycles. The van der Waals surface area contributed by atoms with Crippen molar-refractivity contribution in [2.45, 2.75) is 31.8 Å². The summed E-state index contributed by atoms with van der Waals surface area (Å²) in [5.41, 5.74) is 15.2. The lowest BCUT2D eigenvalue weighted by molar-refractivity contribution is -0.138. The number of amides is 2. The minimum atomic E-state index is -1.17. The van der Waals surface area contributed by atoms with Gasteiger partial charge >= 0.3 is 5.97 Å². The van der Waals surface area contributed by atoms with E-state index in [4.69, 9.17) is 45.2 Å². The SMILES string of the molecule is N=C(N)N(CCCC(N)C(=O)O)C(=O)CC(=O)N(NCc1cc(Cl)cc(Cl)c1)c1ccccc1. The molecule has 7 N–H and O–H groups in total. The fourth-order valence-electron chi connectivity index (χ4n) is 3.06. The summed E-state index contributed by atoms with van der Waals surface area (Å²) in [5.74, 6) is -3.00. The van der Waals surface area contributed by atoms with E-state index in [1.165, 1.54) is 5.01 Å². The van der Waals surface area contributed by atoms with Gasteiger partial charge in [-0.15, -0.1) is 0 Å². The number of anilines is 1. The van der Waals surface area contributed by atoms with Crippen LogP contribution in [0.1, 0.15) is 24.8 Å². The van der Waals surface area contributed by atoms with Crippen molar-refractivity contribution in [3.05, 3.63) is 64.1 Å². The molecule has 10 nitrogen and oxygen atoms in total. The van der Waals surface area contributed by atoms with Gasteiger partial charge in [0.15, 0.2) is 5.96 Å². The second kappa shape index (κ2) is 12.9. The van der Waals surface area contributed by atoms with Crippen LogP contribution in [-0.2, 0) is 20.9 Å². The molecule has 1 unspecified atom stereocenters. The number of para-hydroxylation sites is 1. The molecule has 0 aliphatic rings. The van der Waals surface area contributed by atoms with Crippen LogP contribution in [0.3, 0.4) is 0 Å². The number of carboxylic acids is 1. The maximum absolute atomic E-state index is 13.1. The second-order valence-electron chi connectivity index (χ2n) is 7.37. The molecule has 0 radical (unpaired) electrons. The Bertz CT molecular complexity index is 1020. The molecule has 12 heteroatoms. The number of nitrogens with one attached hydrogen (secondary N) is 2. The van der Waals surface area contributed by atoms with Crippen LogP contribution in [0.15, 0.2) is 48.5 Å². The number of carboxylic acid groups (broad SMARTS) is 1. The number of nitrogens with two attached hydrogens (primary N) is 2. The summed E-state index contributed by atoms with van der Waals surface area (Å²) in [5, 5.41) is 18.7. The predicted molar refractivity (Wildman–Crippen MR) is 130 cm³/mol. The molecular formula is C22H26Cl2N6O4. The summed E-state index contributed by atoms with van der Waals surface area (Å²) in [6.45, 7) is 0.154. The number of benzene rings is 2. The van der Waals surface area contributed by atoms with Gasteiger partial charge in [-0.05, 0) is 48.7 Å². The van der Waals surface area contributed by atoms with Crippen molar-refractivity contribution in [3.63, 3.8) is 0 Å². The maximum atomic E-state index is 13.1. The van der Waals surface area contributed by atoms with E-state index < -0.39 is 36.2 Å². The number of halogens is 2. The highest BCUT2D eigenvalue weighted by Crippen LogP contribution is 2.20. The molecule has 2 rings (SSSR count). The van der Waals surface area contributed by atoms with Crippen LogP contribution < -0.4 is 21.9 Å². The molecule has 0 aliphatic heterocycles. The van der Waals surface area contributed by atoms with E-state index in [9.17, 15) is 14.4 Å². The van der Waals surface area contributed by atoms with E-state index >= 15 is 0 Å². The first-order valence-corrected chi connectivity index (χ1v) is 11.0. The Labute approximate surface area is 206 Å². The monoisotopic (exact) mass is 508 g/mol. The van der Waals surface area contributed by atoms with E-state index in [-0.39, 0.29) is 25.9 Å². The number of hydrogen-bond donors (Lipinski definition) is 5. The standard InChI is InChI=1S/C22H26Cl2N6O4/c23-15-9-14(10-16(24)11-15)13-28-30(17-5-2-1-3-6-17)20(32)12-19(31)29(22(26)27)8-4-7-18(25)21(33)34/h1-3,5-6,9-11,18,28H,4,7-8,12-13,25H2,(H3,26,27)(H,33,34). The zero-order valence-corrected chi connectivity index (χ0v) is 19.7. The van der Waals surface area contributed by atoms with Crippen LogP contribution in [0.25, 0.3) is 0 Å². The molecule has 182 valence electrons. The lowest BCUT2D eigenvalue weighted by Gasteiger charge is -2.26. The average Bonchev–Trinajstić information content (AvgIpc) is 2.76. The molecule has 34 heavy (non-hydrogen) atoms. The van der Waals surface area contributed by atoms with Gasteiger partial charge in [0.2, 0.25) is 5.91 Å². The summed E-state index contributed by atoms with van der Waals surface area (Å²) >= 11 is 12.1. The molecule has 0 bridgehead atoms. The first kappa shape index (κ1) is 27.1. The van der Waals surface area contributed by atoms with Crippen molar-refractivity contribution >= 4 is 52.6 Å². The van der Waals surface area contributed by atoms with Crippen molar-refractivity contribution in [2.75, 3.05) is 11.6 Å². The smallest absolute Gasteiger partial charge is 0.320 e. The first-order chi connectivity index (χ1) is 16.1. The van der Waals surface area contributed by atoms with Crippen LogP contribution in [0, 0.1) is 5.41 Å². The summed E-state index contributed by atoms with van der Waals surface area (Å²) in [6, 6.07) is 12.5. The van der Waals surface area contributed by atoms with Gasteiger partial charge in [0.25, 0.3) is 5.91 Å². The topological polar surface area (TPSA) is 166 Å². The van der Waals surface area contributed by atoms with Crippen LogP contribution in [0.2, 0.25) is 10.0 Å². The zero-order valence-electron chi connectivity index (χ0n) is 18.2. The molecule has 0 saturated carbocycles. The predicted octanol–water partition coefficient (Wildman–Crippen LogP) is 2.34. The number of carbonyl (C=O) groups excluding carboxylic acids is 2. The Kier molecular flexibility index (Phi) is 10.3. The average molecular weight is 509 g/mol. The van der Waals surface area contributed by atoms with Crippen molar-refractivity contribution in [3.8, 4) is 0 Å². The van der Waals surface area contributed by atoms with Gasteiger partial charge in [-0.1, -0.05) is 41.4 Å². The normalized spacial score (nSPS) is 11.5.